The molecule has 0 aliphatic carbocycles. The van der Waals surface area contributed by atoms with Gasteiger partial charge in [-0.2, -0.15) is 0 Å². The van der Waals surface area contributed by atoms with E-state index in [1.807, 2.05) is 22.6 Å². The quantitative estimate of drug-likeness (QED) is 0.873. The van der Waals surface area contributed by atoms with Crippen molar-refractivity contribution >= 4 is 17.2 Å². The molecule has 0 saturated carbocycles. The summed E-state index contributed by atoms with van der Waals surface area (Å²) in [5.41, 5.74) is 1.31. The fourth-order valence-corrected chi connectivity index (χ4v) is 3.81. The molecule has 5 heteroatoms. The van der Waals surface area contributed by atoms with E-state index in [0.717, 1.165) is 25.3 Å². The maximum absolute atomic E-state index is 12.8. The highest BCUT2D eigenvalue weighted by Gasteiger charge is 2.27. The van der Waals surface area contributed by atoms with Crippen molar-refractivity contribution in [3.05, 3.63) is 40.1 Å². The molecule has 2 aromatic rings. The minimum Gasteiger partial charge on any atom is -0.336 e. The van der Waals surface area contributed by atoms with Gasteiger partial charge in [0.2, 0.25) is 5.91 Å². The van der Waals surface area contributed by atoms with Gasteiger partial charge in [0.1, 0.15) is 11.9 Å². The van der Waals surface area contributed by atoms with Crippen molar-refractivity contribution in [1.82, 2.24) is 14.5 Å². The monoisotopic (exact) mass is 303 g/mol. The van der Waals surface area contributed by atoms with Crippen LogP contribution in [-0.4, -0.2) is 26.9 Å². The molecule has 0 aromatic carbocycles. The molecule has 3 heterocycles. The average molecular weight is 303 g/mol. The summed E-state index contributed by atoms with van der Waals surface area (Å²) in [6, 6.07) is 1.95. The van der Waals surface area contributed by atoms with Crippen LogP contribution in [0.3, 0.4) is 0 Å². The Morgan fingerprint density at radius 3 is 2.95 bits per heavy atom. The lowest BCUT2D eigenvalue weighted by atomic mass is 10.1. The third kappa shape index (κ3) is 2.62. The van der Waals surface area contributed by atoms with Crippen molar-refractivity contribution in [2.75, 3.05) is 6.54 Å². The first kappa shape index (κ1) is 14.3. The minimum atomic E-state index is -0.190. The van der Waals surface area contributed by atoms with E-state index in [-0.39, 0.29) is 11.9 Å². The summed E-state index contributed by atoms with van der Waals surface area (Å²) in [5.74, 6) is 1.48. The van der Waals surface area contributed by atoms with Crippen LogP contribution in [0.2, 0.25) is 0 Å². The van der Waals surface area contributed by atoms with Crippen molar-refractivity contribution in [3.63, 3.8) is 0 Å². The van der Waals surface area contributed by atoms with Crippen molar-refractivity contribution in [1.29, 1.82) is 0 Å². The molecule has 0 fully saturated rings. The van der Waals surface area contributed by atoms with Crippen molar-refractivity contribution in [2.45, 2.75) is 45.7 Å². The molecule has 1 aliphatic heterocycles. The summed E-state index contributed by atoms with van der Waals surface area (Å²) in [6.45, 7) is 7.75. The molecule has 1 amide bonds. The molecule has 0 bridgehead atoms. The van der Waals surface area contributed by atoms with Crippen LogP contribution in [0.15, 0.2) is 23.8 Å². The molecule has 1 atom stereocenters. The van der Waals surface area contributed by atoms with Crippen LogP contribution in [0.1, 0.15) is 49.0 Å². The van der Waals surface area contributed by atoms with Gasteiger partial charge in [0, 0.05) is 36.3 Å². The second kappa shape index (κ2) is 5.64. The van der Waals surface area contributed by atoms with E-state index in [1.165, 1.54) is 10.4 Å². The Balaban J connectivity index is 1.78. The predicted molar refractivity (Wildman–Crippen MR) is 84.5 cm³/mol. The molecule has 0 spiro atoms. The van der Waals surface area contributed by atoms with Crippen molar-refractivity contribution in [2.24, 2.45) is 0 Å². The number of carbonyl (C=O) groups is 1. The number of hydrogen-bond acceptors (Lipinski definition) is 3. The Hall–Kier alpha value is -1.62. The predicted octanol–water partition coefficient (Wildman–Crippen LogP) is 3.21. The number of rotatable bonds is 3. The van der Waals surface area contributed by atoms with E-state index in [2.05, 4.69) is 30.3 Å². The van der Waals surface area contributed by atoms with Crippen LogP contribution in [0.5, 0.6) is 0 Å². The normalized spacial score (nSPS) is 16.1. The zero-order chi connectivity index (χ0) is 15.0. The molecule has 2 aromatic heterocycles. The summed E-state index contributed by atoms with van der Waals surface area (Å²) >= 11 is 1.80. The summed E-state index contributed by atoms with van der Waals surface area (Å²) in [7, 11) is 0. The Kier molecular flexibility index (Phi) is 3.85. The van der Waals surface area contributed by atoms with Gasteiger partial charge in [-0.15, -0.1) is 11.3 Å². The number of aromatic nitrogens is 2. The maximum atomic E-state index is 12.8. The number of fused-ring (bicyclic) bond motifs is 1. The lowest BCUT2D eigenvalue weighted by molar-refractivity contribution is -0.135. The Morgan fingerprint density at radius 1 is 1.38 bits per heavy atom. The van der Waals surface area contributed by atoms with Gasteiger partial charge in [0.25, 0.3) is 0 Å². The van der Waals surface area contributed by atoms with Crippen molar-refractivity contribution < 1.29 is 4.79 Å². The molecule has 4 nitrogen and oxygen atoms in total. The first-order valence-corrected chi connectivity index (χ1v) is 8.32. The average Bonchev–Trinajstić information content (AvgIpc) is 3.13. The molecule has 0 radical (unpaired) electrons. The van der Waals surface area contributed by atoms with Gasteiger partial charge >= 0.3 is 0 Å². The second-order valence-corrected chi connectivity index (χ2v) is 6.90. The highest BCUT2D eigenvalue weighted by atomic mass is 32.1. The van der Waals surface area contributed by atoms with Crippen LogP contribution in [0.4, 0.5) is 0 Å². The molecular formula is C16H21N3OS. The molecular weight excluding hydrogens is 282 g/mol. The van der Waals surface area contributed by atoms with Crippen LogP contribution in [0, 0.1) is 0 Å². The van der Waals surface area contributed by atoms with E-state index >= 15 is 0 Å². The van der Waals surface area contributed by atoms with Crippen LogP contribution in [-0.2, 0) is 17.8 Å². The van der Waals surface area contributed by atoms with Gasteiger partial charge in [0.15, 0.2) is 0 Å². The first-order chi connectivity index (χ1) is 10.1. The standard InChI is InChI=1S/C16H21N3OS/c1-11(2)15-17-6-8-19(15)12(3)16(20)18-7-4-14-13(10-18)5-9-21-14/h5-6,8-9,11-12H,4,7,10H2,1-3H3/t12-/m1/s1. The molecule has 112 valence electrons. The third-order valence-electron chi connectivity index (χ3n) is 4.11. The van der Waals surface area contributed by atoms with Crippen LogP contribution < -0.4 is 0 Å². The number of amides is 1. The first-order valence-electron chi connectivity index (χ1n) is 7.44. The fourth-order valence-electron chi connectivity index (χ4n) is 2.92. The molecule has 3 rings (SSSR count). The zero-order valence-electron chi connectivity index (χ0n) is 12.7. The largest absolute Gasteiger partial charge is 0.336 e. The van der Waals surface area contributed by atoms with Gasteiger partial charge in [-0.25, -0.2) is 4.98 Å². The SMILES string of the molecule is CC(C)c1nccn1[C@H](C)C(=O)N1CCc2sccc2C1. The third-order valence-corrected chi connectivity index (χ3v) is 5.13. The summed E-state index contributed by atoms with van der Waals surface area (Å²) in [5, 5.41) is 2.12. The number of imidazole rings is 1. The molecule has 0 N–H and O–H groups in total. The van der Waals surface area contributed by atoms with Crippen LogP contribution in [0.25, 0.3) is 0 Å². The van der Waals surface area contributed by atoms with E-state index in [4.69, 9.17) is 0 Å². The van der Waals surface area contributed by atoms with E-state index in [0.29, 0.717) is 5.92 Å². The summed E-state index contributed by atoms with van der Waals surface area (Å²) in [6.07, 6.45) is 4.68. The number of thiophene rings is 1. The van der Waals surface area contributed by atoms with Crippen LogP contribution >= 0.6 is 11.3 Å². The minimum absolute atomic E-state index is 0.187. The zero-order valence-corrected chi connectivity index (χ0v) is 13.6. The van der Waals surface area contributed by atoms with Crippen molar-refractivity contribution in [3.8, 4) is 0 Å². The smallest absolute Gasteiger partial charge is 0.245 e. The highest BCUT2D eigenvalue weighted by molar-refractivity contribution is 7.10. The van der Waals surface area contributed by atoms with E-state index in [9.17, 15) is 4.79 Å². The van der Waals surface area contributed by atoms with Gasteiger partial charge in [0.05, 0.1) is 0 Å². The molecule has 0 unspecified atom stereocenters. The van der Waals surface area contributed by atoms with Gasteiger partial charge in [-0.3, -0.25) is 4.79 Å². The molecule has 1 aliphatic rings. The number of nitrogens with zero attached hydrogens (tertiary/aromatic N) is 3. The van der Waals surface area contributed by atoms with Gasteiger partial charge in [-0.05, 0) is 30.4 Å². The van der Waals surface area contributed by atoms with Gasteiger partial charge < -0.3 is 9.47 Å². The fraction of sp³-hybridized carbons (Fsp3) is 0.500. The van der Waals surface area contributed by atoms with E-state index in [1.54, 1.807) is 17.5 Å². The summed E-state index contributed by atoms with van der Waals surface area (Å²) in [4.78, 5) is 20.6. The number of carbonyl (C=O) groups excluding carboxylic acids is 1. The molecule has 0 saturated heterocycles. The Labute approximate surface area is 129 Å². The second-order valence-electron chi connectivity index (χ2n) is 5.90. The lowest BCUT2D eigenvalue weighted by Crippen LogP contribution is -2.39. The highest BCUT2D eigenvalue weighted by Crippen LogP contribution is 2.26. The van der Waals surface area contributed by atoms with Gasteiger partial charge in [-0.1, -0.05) is 13.8 Å². The lowest BCUT2D eigenvalue weighted by Gasteiger charge is -2.30. The maximum Gasteiger partial charge on any atom is 0.245 e. The Bertz CT molecular complexity index is 643. The topological polar surface area (TPSA) is 38.1 Å². The van der Waals surface area contributed by atoms with E-state index < -0.39 is 0 Å². The number of hydrogen-bond donors (Lipinski definition) is 0. The summed E-state index contributed by atoms with van der Waals surface area (Å²) < 4.78 is 2.01. The molecule has 21 heavy (non-hydrogen) atoms. The Morgan fingerprint density at radius 2 is 2.19 bits per heavy atom.